The van der Waals surface area contributed by atoms with E-state index in [0.717, 1.165) is 66.6 Å². The zero-order chi connectivity index (χ0) is 49.5. The fraction of sp³-hybridized carbons (Fsp3) is 0.300. The van der Waals surface area contributed by atoms with Gasteiger partial charge >= 0.3 is 6.18 Å². The summed E-state index contributed by atoms with van der Waals surface area (Å²) in [4.78, 5) is 2.29. The maximum absolute atomic E-state index is 15.0. The Labute approximate surface area is 408 Å². The van der Waals surface area contributed by atoms with Crippen LogP contribution in [-0.4, -0.2) is 44.1 Å². The quantitative estimate of drug-likeness (QED) is 0.151. The maximum atomic E-state index is 15.0. The number of hydrogen-bond acceptors (Lipinski definition) is 6. The molecule has 0 radical (unpaired) electrons. The molecule has 10 heteroatoms. The van der Waals surface area contributed by atoms with E-state index in [4.69, 9.17) is 23.7 Å². The highest BCUT2D eigenvalue weighted by atomic mass is 19.4. The molecule has 0 bridgehead atoms. The average molecular weight is 945 g/mol. The minimum atomic E-state index is -4.58. The van der Waals surface area contributed by atoms with Crippen LogP contribution in [0.15, 0.2) is 133 Å². The molecule has 0 aliphatic carbocycles. The van der Waals surface area contributed by atoms with Crippen LogP contribution < -0.4 is 23.8 Å². The lowest BCUT2D eigenvalue weighted by molar-refractivity contribution is -0.137. The average Bonchev–Trinajstić information content (AvgIpc) is 3.68. The first-order valence-electron chi connectivity index (χ1n) is 23.9. The molecule has 1 saturated heterocycles. The zero-order valence-electron chi connectivity index (χ0n) is 41.4. The number of fused-ring (bicyclic) bond motifs is 8. The van der Waals surface area contributed by atoms with Crippen LogP contribution in [0.5, 0.6) is 28.7 Å². The lowest BCUT2D eigenvalue weighted by atomic mass is 9.80. The molecule has 1 fully saturated rings. The van der Waals surface area contributed by atoms with Crippen LogP contribution in [-0.2, 0) is 27.3 Å². The third-order valence-corrected chi connectivity index (χ3v) is 13.8. The van der Waals surface area contributed by atoms with Gasteiger partial charge in [0.1, 0.15) is 28.7 Å². The Hall–Kier alpha value is -6.91. The lowest BCUT2D eigenvalue weighted by Gasteiger charge is -2.38. The van der Waals surface area contributed by atoms with Crippen molar-refractivity contribution < 1.29 is 36.9 Å². The monoisotopic (exact) mass is 944 g/mol. The Morgan fingerprint density at radius 1 is 0.614 bits per heavy atom. The molecule has 2 aliphatic rings. The number of ether oxygens (including phenoxy) is 5. The van der Waals surface area contributed by atoms with Crippen LogP contribution in [0.1, 0.15) is 88.8 Å². The van der Waals surface area contributed by atoms with E-state index in [-0.39, 0.29) is 23.0 Å². The highest BCUT2D eigenvalue weighted by molar-refractivity contribution is 6.26. The molecule has 3 unspecified atom stereocenters. The molecule has 3 heterocycles. The van der Waals surface area contributed by atoms with Gasteiger partial charge < -0.3 is 33.2 Å². The summed E-state index contributed by atoms with van der Waals surface area (Å²) in [7, 11) is 3.30. The minimum Gasteiger partial charge on any atom is -0.497 e. The second-order valence-corrected chi connectivity index (χ2v) is 20.9. The van der Waals surface area contributed by atoms with Crippen LogP contribution in [0.25, 0.3) is 44.3 Å². The third kappa shape index (κ3) is 8.29. The molecule has 0 spiro atoms. The molecule has 0 N–H and O–H groups in total. The molecule has 3 atom stereocenters. The number of nitrogens with zero attached hydrogens (tertiary/aromatic N) is 2. The van der Waals surface area contributed by atoms with Crippen LogP contribution in [0.2, 0.25) is 0 Å². The van der Waals surface area contributed by atoms with E-state index in [2.05, 4.69) is 109 Å². The fourth-order valence-electron chi connectivity index (χ4n) is 10.2. The highest BCUT2D eigenvalue weighted by Gasteiger charge is 2.40. The number of alkyl halides is 3. The predicted molar refractivity (Wildman–Crippen MR) is 276 cm³/mol. The molecule has 360 valence electrons. The standard InChI is InChI=1S/C60H59F3N2O5/c1-36-34-64(35-37(2)68-36)52-32-49-50(33-53(52)67-10)56-48(26-27-59(70-56,38-14-12-11-13-15-38)39-16-19-45(20-17-39)69-46-23-21-44(66-9)22-24-46)55-54(49)47-25-18-40(60(61,62)63)31-51(47)65(55)43-29-41(57(3,4)5)28-42(30-43)58(6,7)8/h11-33,36-37H,34-35H2,1-10H3. The molecule has 70 heavy (non-hydrogen) atoms. The summed E-state index contributed by atoms with van der Waals surface area (Å²) in [5.41, 5.74) is 5.00. The fourth-order valence-corrected chi connectivity index (χ4v) is 10.2. The Bertz CT molecular complexity index is 3270. The van der Waals surface area contributed by atoms with Crippen molar-refractivity contribution in [3.05, 3.63) is 167 Å². The van der Waals surface area contributed by atoms with Crippen molar-refractivity contribution in [3.63, 3.8) is 0 Å². The van der Waals surface area contributed by atoms with Crippen molar-refractivity contribution in [1.82, 2.24) is 4.57 Å². The summed E-state index contributed by atoms with van der Waals surface area (Å²) in [5, 5.41) is 3.09. The Balaban J connectivity index is 1.31. The number of rotatable bonds is 8. The topological polar surface area (TPSA) is 54.3 Å². The van der Waals surface area contributed by atoms with Gasteiger partial charge in [0.15, 0.2) is 5.60 Å². The van der Waals surface area contributed by atoms with E-state index in [0.29, 0.717) is 47.0 Å². The van der Waals surface area contributed by atoms with E-state index in [1.165, 1.54) is 12.1 Å². The second kappa shape index (κ2) is 17.2. The van der Waals surface area contributed by atoms with Gasteiger partial charge in [-0.15, -0.1) is 0 Å². The van der Waals surface area contributed by atoms with Crippen LogP contribution in [0.3, 0.4) is 0 Å². The largest absolute Gasteiger partial charge is 0.497 e. The summed E-state index contributed by atoms with van der Waals surface area (Å²) in [6, 6.07) is 40.3. The molecular formula is C60H59F3N2O5. The Morgan fingerprint density at radius 3 is 1.80 bits per heavy atom. The van der Waals surface area contributed by atoms with Gasteiger partial charge in [-0.05, 0) is 126 Å². The van der Waals surface area contributed by atoms with Gasteiger partial charge in [0, 0.05) is 51.6 Å². The van der Waals surface area contributed by atoms with Crippen molar-refractivity contribution in [2.24, 2.45) is 0 Å². The lowest BCUT2D eigenvalue weighted by Crippen LogP contribution is -2.45. The van der Waals surface area contributed by atoms with Gasteiger partial charge in [-0.1, -0.05) is 96.1 Å². The molecule has 0 saturated carbocycles. The molecule has 7 nitrogen and oxygen atoms in total. The smallest absolute Gasteiger partial charge is 0.416 e. The Kier molecular flexibility index (Phi) is 11.5. The molecule has 2 aliphatic heterocycles. The van der Waals surface area contributed by atoms with Gasteiger partial charge in [-0.3, -0.25) is 0 Å². The number of halogens is 3. The SMILES string of the molecule is COc1ccc(Oc2ccc(C3(c4ccccc4)C=Cc4c(c5cc(OC)c(N6CC(C)OC(C)C6)cc5c5c6ccc(C(F)(F)F)cc6n(-c6cc(C(C)(C)C)cc(C(C)(C)C)c6)c45)O3)cc2)cc1. The number of morpholine rings is 1. The normalized spacial score (nSPS) is 18.6. The molecule has 7 aromatic carbocycles. The van der Waals surface area contributed by atoms with Gasteiger partial charge in [0.25, 0.3) is 0 Å². The van der Waals surface area contributed by atoms with Gasteiger partial charge in [0.2, 0.25) is 0 Å². The maximum Gasteiger partial charge on any atom is 0.416 e. The third-order valence-electron chi connectivity index (χ3n) is 13.8. The van der Waals surface area contributed by atoms with Crippen molar-refractivity contribution in [1.29, 1.82) is 0 Å². The van der Waals surface area contributed by atoms with Crippen LogP contribution >= 0.6 is 0 Å². The summed E-state index contributed by atoms with van der Waals surface area (Å²) < 4.78 is 78.7. The summed E-state index contributed by atoms with van der Waals surface area (Å²) in [6.45, 7) is 18.4. The first-order valence-corrected chi connectivity index (χ1v) is 23.9. The van der Waals surface area contributed by atoms with Crippen molar-refractivity contribution in [3.8, 4) is 34.4 Å². The van der Waals surface area contributed by atoms with E-state index >= 15 is 0 Å². The number of methoxy groups -OCH3 is 2. The zero-order valence-corrected chi connectivity index (χ0v) is 41.4. The molecule has 1 aromatic heterocycles. The number of anilines is 1. The summed E-state index contributed by atoms with van der Waals surface area (Å²) in [6.07, 6.45) is -0.504. The van der Waals surface area contributed by atoms with E-state index in [9.17, 15) is 13.2 Å². The van der Waals surface area contributed by atoms with E-state index in [1.807, 2.05) is 77.4 Å². The second-order valence-electron chi connectivity index (χ2n) is 20.9. The number of benzene rings is 7. The highest BCUT2D eigenvalue weighted by Crippen LogP contribution is 2.53. The Morgan fingerprint density at radius 2 is 1.21 bits per heavy atom. The van der Waals surface area contributed by atoms with E-state index in [1.54, 1.807) is 20.3 Å². The minimum absolute atomic E-state index is 0.0459. The van der Waals surface area contributed by atoms with Crippen LogP contribution in [0.4, 0.5) is 18.9 Å². The van der Waals surface area contributed by atoms with Crippen molar-refractivity contribution >= 4 is 44.3 Å². The summed E-state index contributed by atoms with van der Waals surface area (Å²) >= 11 is 0. The first kappa shape index (κ1) is 46.8. The van der Waals surface area contributed by atoms with Crippen molar-refractivity contribution in [2.75, 3.05) is 32.2 Å². The van der Waals surface area contributed by atoms with Gasteiger partial charge in [-0.2, -0.15) is 13.2 Å². The molecular weight excluding hydrogens is 886 g/mol. The van der Waals surface area contributed by atoms with Gasteiger partial charge in [0.05, 0.1) is 48.7 Å². The van der Waals surface area contributed by atoms with Crippen molar-refractivity contribution in [2.45, 2.75) is 90.2 Å². The first-order chi connectivity index (χ1) is 33.2. The summed E-state index contributed by atoms with van der Waals surface area (Å²) in [5.74, 6) is 3.26. The molecule has 8 aromatic rings. The number of hydrogen-bond donors (Lipinski definition) is 0. The van der Waals surface area contributed by atoms with Crippen LogP contribution in [0, 0.1) is 0 Å². The predicted octanol–water partition coefficient (Wildman–Crippen LogP) is 15.3. The molecule has 0 amide bonds. The molecule has 10 rings (SSSR count). The van der Waals surface area contributed by atoms with E-state index < -0.39 is 17.3 Å². The van der Waals surface area contributed by atoms with Gasteiger partial charge in [-0.25, -0.2) is 0 Å². The number of aromatic nitrogens is 1.